The first kappa shape index (κ1) is 13.2. The lowest BCUT2D eigenvalue weighted by Gasteiger charge is -2.08. The van der Waals surface area contributed by atoms with Crippen LogP contribution in [0.4, 0.5) is 5.69 Å². The molecule has 3 heteroatoms. The summed E-state index contributed by atoms with van der Waals surface area (Å²) >= 11 is 0. The van der Waals surface area contributed by atoms with Gasteiger partial charge >= 0.3 is 0 Å². The van der Waals surface area contributed by atoms with Gasteiger partial charge in [0.1, 0.15) is 0 Å². The van der Waals surface area contributed by atoms with E-state index < -0.39 is 0 Å². The number of fused-ring (bicyclic) bond motifs is 1. The number of anilines is 1. The summed E-state index contributed by atoms with van der Waals surface area (Å²) in [6.45, 7) is 0.429. The Hall–Kier alpha value is -2.81. The highest BCUT2D eigenvalue weighted by Gasteiger charge is 2.07. The van der Waals surface area contributed by atoms with Gasteiger partial charge in [-0.25, -0.2) is 0 Å². The van der Waals surface area contributed by atoms with Gasteiger partial charge in [-0.3, -0.25) is 4.79 Å². The van der Waals surface area contributed by atoms with Crippen molar-refractivity contribution in [3.05, 3.63) is 77.9 Å². The van der Waals surface area contributed by atoms with Gasteiger partial charge in [-0.1, -0.05) is 48.5 Å². The SMILES string of the molecule is Nc1ccccc1CNC(=O)c1ccc2ccccc2c1. The standard InChI is InChI=1S/C18H16N2O/c19-17-8-4-3-7-16(17)12-20-18(21)15-10-9-13-5-1-2-6-14(13)11-15/h1-11H,12,19H2,(H,20,21). The predicted octanol–water partition coefficient (Wildman–Crippen LogP) is 3.35. The van der Waals surface area contributed by atoms with Crippen molar-refractivity contribution in [1.29, 1.82) is 0 Å². The Balaban J connectivity index is 1.76. The maximum Gasteiger partial charge on any atom is 0.251 e. The Morgan fingerprint density at radius 2 is 1.62 bits per heavy atom. The Bertz CT molecular complexity index is 796. The van der Waals surface area contributed by atoms with Crippen LogP contribution >= 0.6 is 0 Å². The highest BCUT2D eigenvalue weighted by Crippen LogP contribution is 2.16. The van der Waals surface area contributed by atoms with Gasteiger partial charge in [-0.15, -0.1) is 0 Å². The number of nitrogen functional groups attached to an aromatic ring is 1. The average Bonchev–Trinajstić information content (AvgIpc) is 2.53. The summed E-state index contributed by atoms with van der Waals surface area (Å²) in [4.78, 5) is 12.2. The number of carbonyl (C=O) groups is 1. The van der Waals surface area contributed by atoms with Gasteiger partial charge in [0.15, 0.2) is 0 Å². The molecule has 3 N–H and O–H groups in total. The zero-order valence-electron chi connectivity index (χ0n) is 11.5. The minimum Gasteiger partial charge on any atom is -0.398 e. The third-order valence-electron chi connectivity index (χ3n) is 3.51. The summed E-state index contributed by atoms with van der Waals surface area (Å²) in [7, 11) is 0. The molecule has 0 aliphatic carbocycles. The summed E-state index contributed by atoms with van der Waals surface area (Å²) in [6, 6.07) is 21.2. The van der Waals surface area contributed by atoms with Crippen molar-refractivity contribution >= 4 is 22.4 Å². The van der Waals surface area contributed by atoms with Crippen LogP contribution in [0.15, 0.2) is 66.7 Å². The van der Waals surface area contributed by atoms with Crippen molar-refractivity contribution in [3.63, 3.8) is 0 Å². The number of nitrogens with one attached hydrogen (secondary N) is 1. The normalized spacial score (nSPS) is 10.5. The van der Waals surface area contributed by atoms with Crippen LogP contribution in [0.2, 0.25) is 0 Å². The largest absolute Gasteiger partial charge is 0.398 e. The van der Waals surface area contributed by atoms with E-state index >= 15 is 0 Å². The number of para-hydroxylation sites is 1. The zero-order chi connectivity index (χ0) is 14.7. The number of amides is 1. The zero-order valence-corrected chi connectivity index (χ0v) is 11.5. The van der Waals surface area contributed by atoms with E-state index in [1.165, 1.54) is 0 Å². The number of hydrogen-bond acceptors (Lipinski definition) is 2. The van der Waals surface area contributed by atoms with Crippen LogP contribution < -0.4 is 11.1 Å². The highest BCUT2D eigenvalue weighted by molar-refractivity contribution is 5.98. The molecule has 0 heterocycles. The molecule has 0 saturated heterocycles. The molecule has 0 bridgehead atoms. The summed E-state index contributed by atoms with van der Waals surface area (Å²) in [5.74, 6) is -0.0935. The molecule has 0 unspecified atom stereocenters. The van der Waals surface area contributed by atoms with E-state index in [4.69, 9.17) is 5.73 Å². The fourth-order valence-electron chi connectivity index (χ4n) is 2.30. The minimum absolute atomic E-state index is 0.0935. The molecule has 0 aliphatic rings. The van der Waals surface area contributed by atoms with E-state index in [1.807, 2.05) is 66.7 Å². The summed E-state index contributed by atoms with van der Waals surface area (Å²) in [5, 5.41) is 5.09. The van der Waals surface area contributed by atoms with Crippen molar-refractivity contribution in [3.8, 4) is 0 Å². The second-order valence-corrected chi connectivity index (χ2v) is 4.94. The van der Waals surface area contributed by atoms with Gasteiger partial charge in [-0.05, 0) is 34.5 Å². The second kappa shape index (κ2) is 5.67. The Labute approximate surface area is 123 Å². The molecular formula is C18H16N2O. The first-order valence-corrected chi connectivity index (χ1v) is 6.84. The van der Waals surface area contributed by atoms with Gasteiger partial charge in [0.05, 0.1) is 0 Å². The van der Waals surface area contributed by atoms with Crippen LogP contribution in [0.3, 0.4) is 0 Å². The molecular weight excluding hydrogens is 260 g/mol. The van der Waals surface area contributed by atoms with Crippen molar-refractivity contribution in [2.45, 2.75) is 6.54 Å². The van der Waals surface area contributed by atoms with Crippen molar-refractivity contribution in [1.82, 2.24) is 5.32 Å². The third kappa shape index (κ3) is 2.87. The monoisotopic (exact) mass is 276 g/mol. The number of benzene rings is 3. The number of hydrogen-bond donors (Lipinski definition) is 2. The lowest BCUT2D eigenvalue weighted by atomic mass is 10.1. The van der Waals surface area contributed by atoms with E-state index in [9.17, 15) is 4.79 Å². The fourth-order valence-corrected chi connectivity index (χ4v) is 2.30. The van der Waals surface area contributed by atoms with E-state index in [0.29, 0.717) is 17.8 Å². The fraction of sp³-hybridized carbons (Fsp3) is 0.0556. The number of carbonyl (C=O) groups excluding carboxylic acids is 1. The third-order valence-corrected chi connectivity index (χ3v) is 3.51. The maximum atomic E-state index is 12.2. The van der Waals surface area contributed by atoms with Crippen molar-refractivity contribution in [2.24, 2.45) is 0 Å². The summed E-state index contributed by atoms with van der Waals surface area (Å²) in [6.07, 6.45) is 0. The summed E-state index contributed by atoms with van der Waals surface area (Å²) < 4.78 is 0. The molecule has 104 valence electrons. The van der Waals surface area contributed by atoms with E-state index in [-0.39, 0.29) is 5.91 Å². The first-order chi connectivity index (χ1) is 10.2. The molecule has 0 radical (unpaired) electrons. The van der Waals surface area contributed by atoms with Crippen LogP contribution in [0.1, 0.15) is 15.9 Å². The van der Waals surface area contributed by atoms with E-state index in [2.05, 4.69) is 5.32 Å². The Morgan fingerprint density at radius 1 is 0.905 bits per heavy atom. The van der Waals surface area contributed by atoms with Crippen LogP contribution in [0.25, 0.3) is 10.8 Å². The average molecular weight is 276 g/mol. The van der Waals surface area contributed by atoms with Gasteiger partial charge in [-0.2, -0.15) is 0 Å². The lowest BCUT2D eigenvalue weighted by Crippen LogP contribution is -2.23. The Kier molecular flexibility index (Phi) is 3.56. The summed E-state index contributed by atoms with van der Waals surface area (Å²) in [5.41, 5.74) is 8.14. The number of nitrogens with two attached hydrogens (primary N) is 1. The predicted molar refractivity (Wildman–Crippen MR) is 86.0 cm³/mol. The van der Waals surface area contributed by atoms with Crippen LogP contribution in [0, 0.1) is 0 Å². The van der Waals surface area contributed by atoms with E-state index in [1.54, 1.807) is 0 Å². The van der Waals surface area contributed by atoms with Crippen LogP contribution in [-0.2, 0) is 6.54 Å². The molecule has 3 aromatic carbocycles. The molecule has 3 aromatic rings. The smallest absolute Gasteiger partial charge is 0.251 e. The first-order valence-electron chi connectivity index (χ1n) is 6.84. The van der Waals surface area contributed by atoms with Gasteiger partial charge < -0.3 is 11.1 Å². The van der Waals surface area contributed by atoms with Crippen LogP contribution in [-0.4, -0.2) is 5.91 Å². The molecule has 0 aromatic heterocycles. The van der Waals surface area contributed by atoms with Crippen molar-refractivity contribution < 1.29 is 4.79 Å². The second-order valence-electron chi connectivity index (χ2n) is 4.94. The quantitative estimate of drug-likeness (QED) is 0.721. The topological polar surface area (TPSA) is 55.1 Å². The molecule has 0 atom stereocenters. The van der Waals surface area contributed by atoms with Crippen LogP contribution in [0.5, 0.6) is 0 Å². The van der Waals surface area contributed by atoms with E-state index in [0.717, 1.165) is 16.3 Å². The molecule has 1 amide bonds. The van der Waals surface area contributed by atoms with Gasteiger partial charge in [0.25, 0.3) is 5.91 Å². The Morgan fingerprint density at radius 3 is 2.43 bits per heavy atom. The molecule has 0 saturated carbocycles. The molecule has 3 rings (SSSR count). The molecule has 3 nitrogen and oxygen atoms in total. The lowest BCUT2D eigenvalue weighted by molar-refractivity contribution is 0.0951. The number of rotatable bonds is 3. The molecule has 0 fully saturated rings. The molecule has 21 heavy (non-hydrogen) atoms. The molecule has 0 aliphatic heterocycles. The highest BCUT2D eigenvalue weighted by atomic mass is 16.1. The molecule has 0 spiro atoms. The maximum absolute atomic E-state index is 12.2. The minimum atomic E-state index is -0.0935. The van der Waals surface area contributed by atoms with Gasteiger partial charge in [0.2, 0.25) is 0 Å². The van der Waals surface area contributed by atoms with Crippen molar-refractivity contribution in [2.75, 3.05) is 5.73 Å². The van der Waals surface area contributed by atoms with Gasteiger partial charge in [0, 0.05) is 17.8 Å².